The molecule has 2 amide bonds. The Balaban J connectivity index is 0.00000946. The Bertz CT molecular complexity index is 4550. The van der Waals surface area contributed by atoms with Gasteiger partial charge in [-0.3, -0.25) is 23.8 Å². The molecule has 7 N–H and O–H groups in total. The monoisotopic (exact) mass is 1210 g/mol. The molecule has 0 atom stereocenters. The van der Waals surface area contributed by atoms with Gasteiger partial charge < -0.3 is 34.5 Å². The van der Waals surface area contributed by atoms with Gasteiger partial charge in [0, 0.05) is 41.0 Å². The van der Waals surface area contributed by atoms with Crippen LogP contribution in [0.4, 0.5) is 56.0 Å². The fraction of sp³-hybridized carbons (Fsp3) is 0.0426. The fourth-order valence-electron chi connectivity index (χ4n) is 7.57. The van der Waals surface area contributed by atoms with Crippen LogP contribution in [0, 0.1) is 17.0 Å². The van der Waals surface area contributed by atoms with E-state index in [9.17, 15) is 80.3 Å². The number of aromatic hydroxyl groups is 1. The predicted octanol–water partition coefficient (Wildman–Crippen LogP) is 6.56. The summed E-state index contributed by atoms with van der Waals surface area (Å²) < 4.78 is 178. The van der Waals surface area contributed by atoms with Crippen molar-refractivity contribution in [1.29, 1.82) is 0 Å². The summed E-state index contributed by atoms with van der Waals surface area (Å²) in [5.74, 6) is -1.57. The van der Waals surface area contributed by atoms with Crippen LogP contribution >= 0.6 is 0 Å². The number of nitrogens with one attached hydrogen (secondary N) is 3. The molecule has 0 spiro atoms. The number of anilines is 4. The molecule has 0 aromatic heterocycles. The molecule has 414 valence electrons. The number of urea groups is 1. The number of azo groups is 2. The molecule has 0 fully saturated rings. The third-order valence-electron chi connectivity index (χ3n) is 11.2. The minimum Gasteiger partial charge on any atom is -0.744 e. The Hall–Kier alpha value is -8.06. The zero-order valence-corrected chi connectivity index (χ0v) is 47.4. The first kappa shape index (κ1) is 60.6. The van der Waals surface area contributed by atoms with Gasteiger partial charge in [0.15, 0.2) is 11.5 Å². The number of phenols is 1. The van der Waals surface area contributed by atoms with Crippen LogP contribution in [0.25, 0.3) is 21.5 Å². The van der Waals surface area contributed by atoms with Gasteiger partial charge in [0.25, 0.3) is 36.0 Å². The molecule has 0 aliphatic heterocycles. The molecule has 0 saturated heterocycles. The van der Waals surface area contributed by atoms with E-state index in [1.807, 2.05) is 0 Å². The van der Waals surface area contributed by atoms with Gasteiger partial charge in [-0.05, 0) is 114 Å². The van der Waals surface area contributed by atoms with E-state index in [1.165, 1.54) is 86.8 Å². The number of non-ortho nitro benzene ring substituents is 1. The number of hydrogen-bond acceptors (Lipinski definition) is 22. The number of carbonyl (C=O) groups is 1. The number of fused-ring (bicyclic) bond motifs is 2. The summed E-state index contributed by atoms with van der Waals surface area (Å²) in [6.45, 7) is 1.50. The molecule has 34 heteroatoms. The number of amides is 2. The van der Waals surface area contributed by atoms with Gasteiger partial charge in [-0.2, -0.15) is 43.9 Å². The van der Waals surface area contributed by atoms with Crippen molar-refractivity contribution in [2.75, 3.05) is 23.1 Å². The van der Waals surface area contributed by atoms with Crippen LogP contribution in [0.3, 0.4) is 0 Å². The Morgan fingerprint density at radius 2 is 1.25 bits per heavy atom. The van der Waals surface area contributed by atoms with E-state index in [-0.39, 0.29) is 96.0 Å². The van der Waals surface area contributed by atoms with Gasteiger partial charge >= 0.3 is 45.7 Å². The van der Waals surface area contributed by atoms with Gasteiger partial charge in [0.1, 0.15) is 36.2 Å². The van der Waals surface area contributed by atoms with E-state index in [2.05, 4.69) is 36.4 Å². The number of aryl methyl sites for hydroxylation is 1. The molecule has 28 nitrogen and oxygen atoms in total. The van der Waals surface area contributed by atoms with Crippen LogP contribution in [0.5, 0.6) is 17.2 Å². The number of nitro groups is 1. The van der Waals surface area contributed by atoms with Gasteiger partial charge in [0.05, 0.1) is 55.6 Å². The number of nitrogens with zero attached hydrogens (tertiary/aromatic N) is 5. The molecule has 0 saturated carbocycles. The molecular formula is C47H35N8NaO20S5. The average molecular weight is 1220 g/mol. The Morgan fingerprint density at radius 3 is 1.86 bits per heavy atom. The summed E-state index contributed by atoms with van der Waals surface area (Å²) in [5, 5.41) is 45.4. The fourth-order valence-corrected chi connectivity index (χ4v) is 10.9. The summed E-state index contributed by atoms with van der Waals surface area (Å²) in [7, 11) is -24.0. The van der Waals surface area contributed by atoms with Crippen molar-refractivity contribution in [3.05, 3.63) is 149 Å². The molecule has 0 unspecified atom stereocenters. The predicted molar refractivity (Wildman–Crippen MR) is 283 cm³/mol. The Kier molecular flexibility index (Phi) is 17.3. The number of phenolic OH excluding ortho intramolecular Hbond substituents is 1. The summed E-state index contributed by atoms with van der Waals surface area (Å²) >= 11 is 0. The van der Waals surface area contributed by atoms with E-state index in [0.717, 1.165) is 42.5 Å². The number of benzene rings is 8. The molecular weight excluding hydrogens is 1180 g/mol. The second-order valence-corrected chi connectivity index (χ2v) is 23.8. The first-order valence-corrected chi connectivity index (χ1v) is 29.1. The topological polar surface area (TPSA) is 439 Å². The van der Waals surface area contributed by atoms with Gasteiger partial charge in [0.2, 0.25) is 0 Å². The average Bonchev–Trinajstić information content (AvgIpc) is 3.41. The molecule has 81 heavy (non-hydrogen) atoms. The summed E-state index contributed by atoms with van der Waals surface area (Å²) in [4.78, 5) is 19.8. The molecule has 0 aliphatic carbocycles. The molecule has 8 aromatic carbocycles. The van der Waals surface area contributed by atoms with E-state index < -0.39 is 115 Å². The van der Waals surface area contributed by atoms with Crippen LogP contribution in [-0.4, -0.2) is 83.5 Å². The zero-order valence-electron chi connectivity index (χ0n) is 41.3. The molecule has 8 aromatic rings. The number of rotatable bonds is 17. The largest absolute Gasteiger partial charge is 1.00 e. The van der Waals surface area contributed by atoms with E-state index in [4.69, 9.17) is 8.92 Å². The molecule has 0 radical (unpaired) electrons. The number of ether oxygens (including phenoxy) is 1. The van der Waals surface area contributed by atoms with Gasteiger partial charge in [-0.15, -0.1) is 10.2 Å². The summed E-state index contributed by atoms with van der Waals surface area (Å²) in [6.07, 6.45) is 0. The van der Waals surface area contributed by atoms with E-state index in [0.29, 0.717) is 18.2 Å². The first-order valence-electron chi connectivity index (χ1n) is 21.9. The van der Waals surface area contributed by atoms with Gasteiger partial charge in [-0.25, -0.2) is 13.2 Å². The molecule has 0 aliphatic rings. The second-order valence-electron chi connectivity index (χ2n) is 16.6. The van der Waals surface area contributed by atoms with Crippen LogP contribution in [-0.2, 0) is 50.6 Å². The maximum Gasteiger partial charge on any atom is 1.00 e. The number of carbonyl (C=O) groups excluding carboxylic acids is 1. The minimum absolute atomic E-state index is 0. The number of nitro benzene ring substituents is 1. The third kappa shape index (κ3) is 13.9. The quantitative estimate of drug-likeness (QED) is 0.0127. The first-order chi connectivity index (χ1) is 37.4. The maximum absolute atomic E-state index is 13.4. The summed E-state index contributed by atoms with van der Waals surface area (Å²) in [6, 6.07) is 24.0. The Labute approximate surface area is 480 Å². The molecule has 8 rings (SSSR count). The van der Waals surface area contributed by atoms with Crippen molar-refractivity contribution < 1.29 is 114 Å². The number of hydrogen-bond donors (Lipinski definition) is 7. The van der Waals surface area contributed by atoms with Crippen molar-refractivity contribution in [3.63, 3.8) is 0 Å². The standard InChI is InChI=1S/C47H36N8O20S5.Na/c1-25-16-38(40(74-2)24-37(25)52-53-39-22-33(76(60,61)62)18-27-19-34(77(63,64)65)23-41(44(27)39)75-80(72,73)32-6-4-3-5-7-32)50-47(57)49-30-12-14-35-26(17-30)20-43(79(69,70)71)45(46(35)56)54-51-29-10-8-28(9-11-29)48-36-15-13-31(55(58)59)21-42(36)78(66,67)68;/h3-24,48,56H,1-2H3,(H2,49,50,57)(H,60,61,62)(H,63,64,65)(H,66,67,68)(H,69,70,71);/q;+1/p-1. The van der Waals surface area contributed by atoms with E-state index >= 15 is 0 Å². The maximum atomic E-state index is 13.4. The van der Waals surface area contributed by atoms with Crippen molar-refractivity contribution in [2.45, 2.75) is 31.4 Å². The Morgan fingerprint density at radius 1 is 0.605 bits per heavy atom. The van der Waals surface area contributed by atoms with Crippen LogP contribution in [0.1, 0.15) is 5.56 Å². The SMILES string of the molecule is COc1cc(N=Nc2cc(S(=O)(=O)[O-])cc3cc(S(=O)(=O)O)cc(OS(=O)(=O)c4ccccc4)c23)c(C)cc1NC(=O)Nc1ccc2c(O)c(N=Nc3ccc(Nc4ccc([N+](=O)[O-])cc4S(=O)(=O)O)cc3)c(S(=O)(=O)O)cc2c1.[Na+]. The van der Waals surface area contributed by atoms with Crippen molar-refractivity contribution in [2.24, 2.45) is 20.5 Å². The van der Waals surface area contributed by atoms with Crippen molar-refractivity contribution in [1.82, 2.24) is 0 Å². The van der Waals surface area contributed by atoms with Crippen LogP contribution in [0.15, 0.2) is 178 Å². The third-order valence-corrected chi connectivity index (χ3v) is 15.9. The van der Waals surface area contributed by atoms with Gasteiger partial charge in [-0.1, -0.05) is 18.2 Å². The molecule has 0 heterocycles. The van der Waals surface area contributed by atoms with Crippen molar-refractivity contribution in [3.8, 4) is 17.2 Å². The summed E-state index contributed by atoms with van der Waals surface area (Å²) in [5.41, 5.74) is -1.48. The van der Waals surface area contributed by atoms with Crippen molar-refractivity contribution >= 4 is 129 Å². The van der Waals surface area contributed by atoms with Crippen LogP contribution < -0.4 is 54.4 Å². The zero-order chi connectivity index (χ0) is 58.3. The van der Waals surface area contributed by atoms with E-state index in [1.54, 1.807) is 0 Å². The minimum atomic E-state index is -5.31. The molecule has 0 bridgehead atoms. The number of methoxy groups -OCH3 is 1. The smallest absolute Gasteiger partial charge is 0.744 e. The normalized spacial score (nSPS) is 12.3. The second kappa shape index (κ2) is 23.2. The van der Waals surface area contributed by atoms with Crippen LogP contribution in [0.2, 0.25) is 0 Å².